The maximum Gasteiger partial charge on any atom is 0.319 e. The second kappa shape index (κ2) is 5.11. The fraction of sp³-hybridized carbons (Fsp3) is 0.375. The summed E-state index contributed by atoms with van der Waals surface area (Å²) < 4.78 is 9.85. The summed E-state index contributed by atoms with van der Waals surface area (Å²) in [6.07, 6.45) is 0. The summed E-state index contributed by atoms with van der Waals surface area (Å²) in [5, 5.41) is 10.4. The van der Waals surface area contributed by atoms with Crippen molar-refractivity contribution in [2.24, 2.45) is 0 Å². The summed E-state index contributed by atoms with van der Waals surface area (Å²) in [5.74, 6) is -0.0231. The molecule has 0 unspecified atom stereocenters. The Morgan fingerprint density at radius 2 is 2.40 bits per heavy atom. The molecule has 1 heterocycles. The topological polar surface area (TPSA) is 101 Å². The first kappa shape index (κ1) is 11.2. The van der Waals surface area contributed by atoms with Gasteiger partial charge in [0.1, 0.15) is 6.61 Å². The summed E-state index contributed by atoms with van der Waals surface area (Å²) in [6.45, 7) is 0.702. The number of methoxy groups -OCH3 is 1. The van der Waals surface area contributed by atoms with Crippen molar-refractivity contribution >= 4 is 11.5 Å². The molecule has 0 spiro atoms. The van der Waals surface area contributed by atoms with Gasteiger partial charge < -0.3 is 15.2 Å². The Bertz CT molecular complexity index is 356. The predicted octanol–water partition coefficient (Wildman–Crippen LogP) is 0.397. The fourth-order valence-electron chi connectivity index (χ4n) is 0.858. The predicted molar refractivity (Wildman–Crippen MR) is 51.5 cm³/mol. The molecule has 0 aliphatic heterocycles. The number of nitrogens with zero attached hydrogens (tertiary/aromatic N) is 2. The Balaban J connectivity index is 2.69. The Labute approximate surface area is 86.0 Å². The monoisotopic (exact) mass is 212 g/mol. The van der Waals surface area contributed by atoms with Gasteiger partial charge in [-0.15, -0.1) is 0 Å². The van der Waals surface area contributed by atoms with Gasteiger partial charge in [0.15, 0.2) is 0 Å². The number of nitrogen functional groups attached to an aromatic ring is 1. The average molecular weight is 212 g/mol. The molecule has 1 aromatic rings. The molecule has 2 N–H and O–H groups in total. The maximum atomic E-state index is 10.4. The molecule has 15 heavy (non-hydrogen) atoms. The summed E-state index contributed by atoms with van der Waals surface area (Å²) in [5.41, 5.74) is 4.98. The van der Waals surface area contributed by atoms with Crippen LogP contribution >= 0.6 is 0 Å². The van der Waals surface area contributed by atoms with Crippen LogP contribution in [0.15, 0.2) is 6.07 Å². The zero-order valence-electron chi connectivity index (χ0n) is 8.10. The van der Waals surface area contributed by atoms with E-state index in [0.717, 1.165) is 0 Å². The van der Waals surface area contributed by atoms with Crippen molar-refractivity contribution in [2.45, 2.75) is 0 Å². The van der Waals surface area contributed by atoms with E-state index < -0.39 is 4.92 Å². The zero-order valence-corrected chi connectivity index (χ0v) is 8.10. The van der Waals surface area contributed by atoms with E-state index in [-0.39, 0.29) is 17.4 Å². The summed E-state index contributed by atoms with van der Waals surface area (Å²) >= 11 is 0. The number of rotatable bonds is 5. The minimum atomic E-state index is -0.652. The van der Waals surface area contributed by atoms with Crippen LogP contribution in [0.4, 0.5) is 11.5 Å². The van der Waals surface area contributed by atoms with Gasteiger partial charge in [0.25, 0.3) is 0 Å². The molecule has 7 heteroatoms. The maximum absolute atomic E-state index is 10.4. The molecule has 0 atom stereocenters. The second-order valence-electron chi connectivity index (χ2n) is 2.57. The van der Waals surface area contributed by atoms with Gasteiger partial charge in [-0.2, -0.15) is 4.98 Å². The van der Waals surface area contributed by atoms with Gasteiger partial charge >= 0.3 is 5.69 Å². The van der Waals surface area contributed by atoms with Crippen molar-refractivity contribution in [3.05, 3.63) is 22.2 Å². The normalized spacial score (nSPS) is 9.93. The molecule has 0 amide bonds. The van der Waals surface area contributed by atoms with E-state index >= 15 is 0 Å². The summed E-state index contributed by atoms with van der Waals surface area (Å²) in [6, 6.07) is 3.65. The highest BCUT2D eigenvalue weighted by molar-refractivity contribution is 5.52. The molecule has 7 nitrogen and oxygen atoms in total. The molecular weight excluding hydrogens is 202 g/mol. The molecular formula is C8H10N3O4. The highest BCUT2D eigenvalue weighted by Gasteiger charge is 2.13. The van der Waals surface area contributed by atoms with Crippen LogP contribution in [0, 0.1) is 16.2 Å². The Kier molecular flexibility index (Phi) is 3.81. The highest BCUT2D eigenvalue weighted by Crippen LogP contribution is 2.20. The molecule has 1 rings (SSSR count). The number of pyridine rings is 1. The van der Waals surface area contributed by atoms with Crippen LogP contribution < -0.4 is 10.5 Å². The molecule has 1 radical (unpaired) electrons. The van der Waals surface area contributed by atoms with Crippen LogP contribution in [-0.4, -0.2) is 30.2 Å². The Morgan fingerprint density at radius 1 is 1.67 bits per heavy atom. The van der Waals surface area contributed by atoms with Crippen LogP contribution in [0.25, 0.3) is 0 Å². The molecule has 0 aromatic carbocycles. The van der Waals surface area contributed by atoms with E-state index in [0.29, 0.717) is 13.2 Å². The molecule has 0 aliphatic carbocycles. The molecule has 0 bridgehead atoms. The lowest BCUT2D eigenvalue weighted by Gasteiger charge is -2.04. The minimum Gasteiger partial charge on any atom is -0.475 e. The standard InChI is InChI=1S/C8H10N3O4/c1-14-4-5-15-7-3-2-6(11(12)13)8(9)10-7/h3H,4-5H2,1H3,(H2,9,10). The van der Waals surface area contributed by atoms with E-state index in [1.807, 2.05) is 0 Å². The van der Waals surface area contributed by atoms with E-state index in [2.05, 4.69) is 11.1 Å². The molecule has 0 aliphatic rings. The van der Waals surface area contributed by atoms with Crippen molar-refractivity contribution in [2.75, 3.05) is 26.1 Å². The molecule has 0 saturated heterocycles. The van der Waals surface area contributed by atoms with Gasteiger partial charge in [0.05, 0.1) is 17.6 Å². The SMILES string of the molecule is COCCOc1c[c]c([N+](=O)[O-])c(N)n1. The van der Waals surface area contributed by atoms with Gasteiger partial charge in [-0.1, -0.05) is 0 Å². The van der Waals surface area contributed by atoms with Crippen molar-refractivity contribution in [3.63, 3.8) is 0 Å². The number of nitro groups is 1. The molecule has 0 saturated carbocycles. The van der Waals surface area contributed by atoms with Crippen molar-refractivity contribution < 1.29 is 14.4 Å². The van der Waals surface area contributed by atoms with Crippen LogP contribution in [0.3, 0.4) is 0 Å². The fourth-order valence-corrected chi connectivity index (χ4v) is 0.858. The number of nitrogens with two attached hydrogens (primary N) is 1. The zero-order chi connectivity index (χ0) is 11.3. The minimum absolute atomic E-state index is 0.190. The van der Waals surface area contributed by atoms with Gasteiger partial charge in [-0.3, -0.25) is 10.1 Å². The average Bonchev–Trinajstić information content (AvgIpc) is 2.17. The first-order chi connectivity index (χ1) is 7.15. The van der Waals surface area contributed by atoms with Crippen LogP contribution in [0.2, 0.25) is 0 Å². The number of hydrogen-bond acceptors (Lipinski definition) is 6. The number of ether oxygens (including phenoxy) is 2. The van der Waals surface area contributed by atoms with Crippen molar-refractivity contribution in [1.29, 1.82) is 0 Å². The molecule has 0 fully saturated rings. The van der Waals surface area contributed by atoms with Gasteiger partial charge in [-0.25, -0.2) is 0 Å². The number of aromatic nitrogens is 1. The second-order valence-corrected chi connectivity index (χ2v) is 2.57. The lowest BCUT2D eigenvalue weighted by Crippen LogP contribution is -2.07. The van der Waals surface area contributed by atoms with Crippen LogP contribution in [-0.2, 0) is 4.74 Å². The third-order valence-electron chi connectivity index (χ3n) is 1.53. The lowest BCUT2D eigenvalue weighted by atomic mass is 10.4. The van der Waals surface area contributed by atoms with Gasteiger partial charge in [0, 0.05) is 13.2 Å². The Morgan fingerprint density at radius 3 is 2.93 bits per heavy atom. The van der Waals surface area contributed by atoms with E-state index in [4.69, 9.17) is 15.2 Å². The largest absolute Gasteiger partial charge is 0.475 e. The van der Waals surface area contributed by atoms with E-state index in [1.165, 1.54) is 13.2 Å². The molecule has 1 aromatic heterocycles. The van der Waals surface area contributed by atoms with Crippen molar-refractivity contribution in [1.82, 2.24) is 4.98 Å². The summed E-state index contributed by atoms with van der Waals surface area (Å²) in [7, 11) is 1.53. The smallest absolute Gasteiger partial charge is 0.319 e. The Hall–Kier alpha value is -1.89. The summed E-state index contributed by atoms with van der Waals surface area (Å²) in [4.78, 5) is 13.4. The molecule has 81 valence electrons. The number of anilines is 1. The quantitative estimate of drug-likeness (QED) is 0.430. The van der Waals surface area contributed by atoms with Gasteiger partial charge in [0.2, 0.25) is 11.7 Å². The van der Waals surface area contributed by atoms with Gasteiger partial charge in [-0.05, 0) is 0 Å². The first-order valence-corrected chi connectivity index (χ1v) is 4.09. The van der Waals surface area contributed by atoms with E-state index in [1.54, 1.807) is 0 Å². The third kappa shape index (κ3) is 3.06. The first-order valence-electron chi connectivity index (χ1n) is 4.09. The van der Waals surface area contributed by atoms with Crippen LogP contribution in [0.1, 0.15) is 0 Å². The van der Waals surface area contributed by atoms with Crippen LogP contribution in [0.5, 0.6) is 5.88 Å². The van der Waals surface area contributed by atoms with Crippen molar-refractivity contribution in [3.8, 4) is 5.88 Å². The lowest BCUT2D eigenvalue weighted by molar-refractivity contribution is -0.384. The highest BCUT2D eigenvalue weighted by atomic mass is 16.6. The third-order valence-corrected chi connectivity index (χ3v) is 1.53. The number of hydrogen-bond donors (Lipinski definition) is 1. The van der Waals surface area contributed by atoms with E-state index in [9.17, 15) is 10.1 Å².